The number of ketones is 1. The highest BCUT2D eigenvalue weighted by atomic mass is 16.1. The summed E-state index contributed by atoms with van der Waals surface area (Å²) in [6, 6.07) is 13.2. The summed E-state index contributed by atoms with van der Waals surface area (Å²) in [5.74, 6) is 0.0371. The lowest BCUT2D eigenvalue weighted by Gasteiger charge is -2.08. The van der Waals surface area contributed by atoms with Crippen LogP contribution in [0.3, 0.4) is 0 Å². The summed E-state index contributed by atoms with van der Waals surface area (Å²) < 4.78 is 0. The summed E-state index contributed by atoms with van der Waals surface area (Å²) in [5.41, 5.74) is 9.93. The van der Waals surface area contributed by atoms with E-state index in [-0.39, 0.29) is 5.78 Å². The van der Waals surface area contributed by atoms with E-state index in [2.05, 4.69) is 6.92 Å². The Hall–Kier alpha value is -2.09. The van der Waals surface area contributed by atoms with Crippen molar-refractivity contribution in [3.05, 3.63) is 64.7 Å². The minimum atomic E-state index is 0.0371. The van der Waals surface area contributed by atoms with Crippen LogP contribution in [0.15, 0.2) is 42.5 Å². The van der Waals surface area contributed by atoms with Crippen LogP contribution in [-0.4, -0.2) is 5.78 Å². The zero-order chi connectivity index (χ0) is 13.1. The Bertz CT molecular complexity index is 587. The maximum Gasteiger partial charge on any atom is 0.193 e. The molecule has 0 aromatic heterocycles. The van der Waals surface area contributed by atoms with E-state index >= 15 is 0 Å². The van der Waals surface area contributed by atoms with E-state index in [4.69, 9.17) is 5.73 Å². The first-order valence-corrected chi connectivity index (χ1v) is 6.12. The largest absolute Gasteiger partial charge is 0.398 e. The van der Waals surface area contributed by atoms with Gasteiger partial charge >= 0.3 is 0 Å². The van der Waals surface area contributed by atoms with E-state index in [0.29, 0.717) is 11.3 Å². The van der Waals surface area contributed by atoms with Gasteiger partial charge < -0.3 is 5.73 Å². The van der Waals surface area contributed by atoms with Gasteiger partial charge in [0.25, 0.3) is 0 Å². The van der Waals surface area contributed by atoms with Crippen molar-refractivity contribution in [2.75, 3.05) is 5.73 Å². The Kier molecular flexibility index (Phi) is 3.47. The number of carbonyl (C=O) groups excluding carboxylic acids is 1. The van der Waals surface area contributed by atoms with Crippen LogP contribution < -0.4 is 5.73 Å². The molecule has 0 radical (unpaired) electrons. The number of nitrogens with two attached hydrogens (primary N) is 1. The molecule has 0 spiro atoms. The van der Waals surface area contributed by atoms with E-state index in [1.165, 1.54) is 5.56 Å². The van der Waals surface area contributed by atoms with Crippen LogP contribution in [0.5, 0.6) is 0 Å². The average molecular weight is 239 g/mol. The van der Waals surface area contributed by atoms with Crippen molar-refractivity contribution in [3.63, 3.8) is 0 Å². The summed E-state index contributed by atoms with van der Waals surface area (Å²) in [5, 5.41) is 0. The van der Waals surface area contributed by atoms with Crippen LogP contribution in [-0.2, 0) is 6.42 Å². The molecule has 0 aliphatic carbocycles. The number of anilines is 1. The van der Waals surface area contributed by atoms with Gasteiger partial charge in [-0.15, -0.1) is 0 Å². The minimum Gasteiger partial charge on any atom is -0.398 e. The fourth-order valence-corrected chi connectivity index (χ4v) is 1.99. The van der Waals surface area contributed by atoms with Gasteiger partial charge in [-0.25, -0.2) is 0 Å². The van der Waals surface area contributed by atoms with Gasteiger partial charge in [0.1, 0.15) is 0 Å². The summed E-state index contributed by atoms with van der Waals surface area (Å²) >= 11 is 0. The number of nitrogen functional groups attached to an aromatic ring is 1. The highest BCUT2D eigenvalue weighted by molar-refractivity contribution is 6.10. The van der Waals surface area contributed by atoms with Crippen LogP contribution in [0, 0.1) is 6.92 Å². The first-order valence-electron chi connectivity index (χ1n) is 6.12. The third-order valence-corrected chi connectivity index (χ3v) is 3.22. The predicted molar refractivity (Wildman–Crippen MR) is 74.8 cm³/mol. The Morgan fingerprint density at radius 2 is 1.89 bits per heavy atom. The van der Waals surface area contributed by atoms with Crippen LogP contribution in [0.2, 0.25) is 0 Å². The molecular weight excluding hydrogens is 222 g/mol. The van der Waals surface area contributed by atoms with Gasteiger partial charge in [-0.3, -0.25) is 4.79 Å². The van der Waals surface area contributed by atoms with Crippen molar-refractivity contribution < 1.29 is 4.79 Å². The van der Waals surface area contributed by atoms with Crippen molar-refractivity contribution in [2.45, 2.75) is 20.3 Å². The quantitative estimate of drug-likeness (QED) is 0.659. The molecule has 0 amide bonds. The van der Waals surface area contributed by atoms with E-state index < -0.39 is 0 Å². The van der Waals surface area contributed by atoms with Gasteiger partial charge in [0.15, 0.2) is 5.78 Å². The second-order valence-corrected chi connectivity index (χ2v) is 4.40. The third-order valence-electron chi connectivity index (χ3n) is 3.22. The Balaban J connectivity index is 2.44. The molecular formula is C16H17NO. The molecule has 2 aromatic carbocycles. The molecule has 0 unspecified atom stereocenters. The molecule has 0 atom stereocenters. The van der Waals surface area contributed by atoms with Gasteiger partial charge in [0.05, 0.1) is 0 Å². The number of hydrogen-bond acceptors (Lipinski definition) is 2. The molecule has 92 valence electrons. The first kappa shape index (κ1) is 12.4. The lowest BCUT2D eigenvalue weighted by molar-refractivity contribution is 0.103. The Morgan fingerprint density at radius 1 is 1.17 bits per heavy atom. The molecule has 0 aliphatic rings. The first-order chi connectivity index (χ1) is 8.63. The number of carbonyl (C=O) groups is 1. The fraction of sp³-hybridized carbons (Fsp3) is 0.188. The average Bonchev–Trinajstić information content (AvgIpc) is 2.41. The van der Waals surface area contributed by atoms with Gasteiger partial charge in [0, 0.05) is 16.8 Å². The molecule has 0 saturated carbocycles. The molecule has 0 saturated heterocycles. The SMILES string of the molecule is CCc1cccc(C(=O)c2cccc(N)c2C)c1. The third kappa shape index (κ3) is 2.28. The van der Waals surface area contributed by atoms with Crippen molar-refractivity contribution in [2.24, 2.45) is 0 Å². The monoisotopic (exact) mass is 239 g/mol. The second kappa shape index (κ2) is 5.05. The van der Waals surface area contributed by atoms with Gasteiger partial charge in [-0.05, 0) is 36.6 Å². The van der Waals surface area contributed by atoms with E-state index in [9.17, 15) is 4.79 Å². The summed E-state index contributed by atoms with van der Waals surface area (Å²) in [4.78, 5) is 12.4. The highest BCUT2D eigenvalue weighted by Crippen LogP contribution is 2.19. The highest BCUT2D eigenvalue weighted by Gasteiger charge is 2.12. The number of hydrogen-bond donors (Lipinski definition) is 1. The lowest BCUT2D eigenvalue weighted by Crippen LogP contribution is -2.06. The molecule has 2 heteroatoms. The van der Waals surface area contributed by atoms with Crippen molar-refractivity contribution in [1.82, 2.24) is 0 Å². The smallest absolute Gasteiger partial charge is 0.193 e. The molecule has 18 heavy (non-hydrogen) atoms. The molecule has 2 nitrogen and oxygen atoms in total. The molecule has 0 aliphatic heterocycles. The van der Waals surface area contributed by atoms with Crippen LogP contribution in [0.1, 0.15) is 34.0 Å². The maximum absolute atomic E-state index is 12.4. The maximum atomic E-state index is 12.4. The Morgan fingerprint density at radius 3 is 2.61 bits per heavy atom. The molecule has 0 bridgehead atoms. The number of aryl methyl sites for hydroxylation is 1. The topological polar surface area (TPSA) is 43.1 Å². The normalized spacial score (nSPS) is 10.3. The van der Waals surface area contributed by atoms with E-state index in [1.54, 1.807) is 0 Å². The molecule has 2 rings (SSSR count). The van der Waals surface area contributed by atoms with E-state index in [0.717, 1.165) is 17.5 Å². The van der Waals surface area contributed by atoms with Crippen molar-refractivity contribution >= 4 is 11.5 Å². The summed E-state index contributed by atoms with van der Waals surface area (Å²) in [7, 11) is 0. The number of benzene rings is 2. The molecule has 0 fully saturated rings. The fourth-order valence-electron chi connectivity index (χ4n) is 1.99. The van der Waals surface area contributed by atoms with Gasteiger partial charge in [-0.2, -0.15) is 0 Å². The second-order valence-electron chi connectivity index (χ2n) is 4.40. The van der Waals surface area contributed by atoms with Crippen molar-refractivity contribution in [3.8, 4) is 0 Å². The minimum absolute atomic E-state index is 0.0371. The molecule has 2 aromatic rings. The molecule has 0 heterocycles. The standard InChI is InChI=1S/C16H17NO/c1-3-12-6-4-7-13(10-12)16(18)14-8-5-9-15(17)11(14)2/h4-10H,3,17H2,1-2H3. The number of rotatable bonds is 3. The lowest BCUT2D eigenvalue weighted by atomic mass is 9.96. The Labute approximate surface area is 107 Å². The van der Waals surface area contributed by atoms with Crippen LogP contribution >= 0.6 is 0 Å². The summed E-state index contributed by atoms with van der Waals surface area (Å²) in [6.07, 6.45) is 0.928. The zero-order valence-corrected chi connectivity index (χ0v) is 10.7. The van der Waals surface area contributed by atoms with E-state index in [1.807, 2.05) is 49.4 Å². The van der Waals surface area contributed by atoms with Crippen LogP contribution in [0.25, 0.3) is 0 Å². The van der Waals surface area contributed by atoms with Gasteiger partial charge in [-0.1, -0.05) is 37.3 Å². The van der Waals surface area contributed by atoms with Crippen molar-refractivity contribution in [1.29, 1.82) is 0 Å². The summed E-state index contributed by atoms with van der Waals surface area (Å²) in [6.45, 7) is 3.96. The zero-order valence-electron chi connectivity index (χ0n) is 10.7. The predicted octanol–water partition coefficient (Wildman–Crippen LogP) is 3.37. The van der Waals surface area contributed by atoms with Gasteiger partial charge in [0.2, 0.25) is 0 Å². The van der Waals surface area contributed by atoms with Crippen LogP contribution in [0.4, 0.5) is 5.69 Å². The molecule has 2 N–H and O–H groups in total.